The van der Waals surface area contributed by atoms with Crippen molar-refractivity contribution < 1.29 is 9.90 Å². The molecule has 112 valence electrons. The summed E-state index contributed by atoms with van der Waals surface area (Å²) in [4.78, 5) is 18.3. The lowest BCUT2D eigenvalue weighted by atomic mass is 10.2. The molecule has 0 aliphatic rings. The minimum Gasteiger partial charge on any atom is -0.478 e. The predicted molar refractivity (Wildman–Crippen MR) is 86.8 cm³/mol. The lowest BCUT2D eigenvalue weighted by molar-refractivity contribution is 0.0697. The second-order valence-electron chi connectivity index (χ2n) is 4.75. The van der Waals surface area contributed by atoms with Crippen LogP contribution in [0.4, 0.5) is 5.95 Å². The standard InChI is InChI=1S/C15H11Cl2N3O2/c16-10-3-8(4-11(17)6-10)7-18-15-19-12-2-1-9(14(21)22)5-13(12)20-15/h1-6H,7H2,(H,21,22)(H2,18,19,20). The molecule has 0 spiro atoms. The van der Waals surface area contributed by atoms with Gasteiger partial charge in [0.05, 0.1) is 16.6 Å². The summed E-state index contributed by atoms with van der Waals surface area (Å²) in [6.07, 6.45) is 0. The maximum atomic E-state index is 11.0. The third-order valence-electron chi connectivity index (χ3n) is 3.11. The maximum Gasteiger partial charge on any atom is 0.335 e. The molecule has 2 aromatic carbocycles. The van der Waals surface area contributed by atoms with Gasteiger partial charge in [0.15, 0.2) is 0 Å². The number of aromatic carboxylic acids is 1. The van der Waals surface area contributed by atoms with E-state index >= 15 is 0 Å². The van der Waals surface area contributed by atoms with Gasteiger partial charge in [-0.1, -0.05) is 23.2 Å². The van der Waals surface area contributed by atoms with Crippen molar-refractivity contribution >= 4 is 46.2 Å². The first kappa shape index (κ1) is 14.7. The molecule has 0 aliphatic heterocycles. The van der Waals surface area contributed by atoms with Crippen LogP contribution in [0, 0.1) is 0 Å². The highest BCUT2D eigenvalue weighted by Crippen LogP contribution is 2.20. The van der Waals surface area contributed by atoms with Gasteiger partial charge in [0.25, 0.3) is 0 Å². The van der Waals surface area contributed by atoms with Gasteiger partial charge in [0.1, 0.15) is 0 Å². The second kappa shape index (κ2) is 5.87. The predicted octanol–water partition coefficient (Wildman–Crippen LogP) is 4.18. The zero-order valence-electron chi connectivity index (χ0n) is 11.2. The van der Waals surface area contributed by atoms with Gasteiger partial charge < -0.3 is 15.4 Å². The number of hydrogen-bond acceptors (Lipinski definition) is 3. The SMILES string of the molecule is O=C(O)c1ccc2nc(NCc3cc(Cl)cc(Cl)c3)[nH]c2c1. The highest BCUT2D eigenvalue weighted by Gasteiger charge is 2.07. The van der Waals surface area contributed by atoms with E-state index in [2.05, 4.69) is 15.3 Å². The Bertz CT molecular complexity index is 841. The molecule has 0 unspecified atom stereocenters. The summed E-state index contributed by atoms with van der Waals surface area (Å²) in [6.45, 7) is 0.492. The quantitative estimate of drug-likeness (QED) is 0.668. The number of benzene rings is 2. The van der Waals surface area contributed by atoms with Crippen LogP contribution in [0.25, 0.3) is 11.0 Å². The number of nitrogens with zero attached hydrogens (tertiary/aromatic N) is 1. The Morgan fingerprint density at radius 2 is 1.91 bits per heavy atom. The van der Waals surface area contributed by atoms with Crippen molar-refractivity contribution in [3.05, 3.63) is 57.6 Å². The number of nitrogens with one attached hydrogen (secondary N) is 2. The van der Waals surface area contributed by atoms with Crippen LogP contribution in [0.5, 0.6) is 0 Å². The summed E-state index contributed by atoms with van der Waals surface area (Å²) >= 11 is 11.9. The zero-order chi connectivity index (χ0) is 15.7. The first-order valence-corrected chi connectivity index (χ1v) is 7.19. The Balaban J connectivity index is 1.80. The van der Waals surface area contributed by atoms with Crippen molar-refractivity contribution in [1.29, 1.82) is 0 Å². The van der Waals surface area contributed by atoms with Crippen molar-refractivity contribution in [1.82, 2.24) is 9.97 Å². The van der Waals surface area contributed by atoms with E-state index in [-0.39, 0.29) is 5.56 Å². The van der Waals surface area contributed by atoms with Crippen LogP contribution < -0.4 is 5.32 Å². The second-order valence-corrected chi connectivity index (χ2v) is 5.63. The molecule has 0 amide bonds. The molecule has 0 saturated heterocycles. The van der Waals surface area contributed by atoms with Crippen LogP contribution in [-0.4, -0.2) is 21.0 Å². The third-order valence-corrected chi connectivity index (χ3v) is 3.55. The molecule has 5 nitrogen and oxygen atoms in total. The van der Waals surface area contributed by atoms with Gasteiger partial charge in [-0.3, -0.25) is 0 Å². The fourth-order valence-corrected chi connectivity index (χ4v) is 2.70. The fourth-order valence-electron chi connectivity index (χ4n) is 2.13. The number of carbonyl (C=O) groups is 1. The molecule has 0 bridgehead atoms. The van der Waals surface area contributed by atoms with E-state index in [0.29, 0.717) is 33.6 Å². The highest BCUT2D eigenvalue weighted by molar-refractivity contribution is 6.34. The summed E-state index contributed by atoms with van der Waals surface area (Å²) in [5.41, 5.74) is 2.48. The molecule has 0 radical (unpaired) electrons. The number of anilines is 1. The van der Waals surface area contributed by atoms with Crippen LogP contribution in [0.1, 0.15) is 15.9 Å². The number of carboxylic acid groups (broad SMARTS) is 1. The zero-order valence-corrected chi connectivity index (χ0v) is 12.7. The van der Waals surface area contributed by atoms with Crippen molar-refractivity contribution in [3.63, 3.8) is 0 Å². The Kier molecular flexibility index (Phi) is 3.92. The van der Waals surface area contributed by atoms with Gasteiger partial charge in [0, 0.05) is 16.6 Å². The van der Waals surface area contributed by atoms with Crippen LogP contribution in [-0.2, 0) is 6.54 Å². The minimum absolute atomic E-state index is 0.212. The lowest BCUT2D eigenvalue weighted by Crippen LogP contribution is -2.00. The van der Waals surface area contributed by atoms with Crippen molar-refractivity contribution in [2.75, 3.05) is 5.32 Å². The Morgan fingerprint density at radius 1 is 1.18 bits per heavy atom. The number of imidazole rings is 1. The van der Waals surface area contributed by atoms with Gasteiger partial charge >= 0.3 is 5.97 Å². The Labute approximate surface area is 135 Å². The molecule has 3 N–H and O–H groups in total. The number of aromatic nitrogens is 2. The normalized spacial score (nSPS) is 10.8. The average Bonchev–Trinajstić information content (AvgIpc) is 2.85. The first-order chi connectivity index (χ1) is 10.5. The van der Waals surface area contributed by atoms with Gasteiger partial charge in [-0.05, 0) is 42.0 Å². The number of hydrogen-bond donors (Lipinski definition) is 3. The van der Waals surface area contributed by atoms with Crippen LogP contribution >= 0.6 is 23.2 Å². The average molecular weight is 336 g/mol. The lowest BCUT2D eigenvalue weighted by Gasteiger charge is -2.04. The van der Waals surface area contributed by atoms with Gasteiger partial charge in [-0.25, -0.2) is 9.78 Å². The molecule has 3 aromatic rings. The van der Waals surface area contributed by atoms with E-state index in [4.69, 9.17) is 28.3 Å². The first-order valence-electron chi connectivity index (χ1n) is 6.43. The molecule has 0 saturated carbocycles. The molecule has 22 heavy (non-hydrogen) atoms. The van der Waals surface area contributed by atoms with Crippen molar-refractivity contribution in [2.24, 2.45) is 0 Å². The van der Waals surface area contributed by atoms with Gasteiger partial charge in [0.2, 0.25) is 5.95 Å². The molecule has 0 aliphatic carbocycles. The number of aromatic amines is 1. The number of rotatable bonds is 4. The van der Waals surface area contributed by atoms with E-state index in [1.165, 1.54) is 6.07 Å². The van der Waals surface area contributed by atoms with Crippen LogP contribution in [0.2, 0.25) is 10.0 Å². The number of fused-ring (bicyclic) bond motifs is 1. The molecule has 0 atom stereocenters. The molecule has 3 rings (SSSR count). The number of H-pyrrole nitrogens is 1. The summed E-state index contributed by atoms with van der Waals surface area (Å²) in [7, 11) is 0. The topological polar surface area (TPSA) is 78.0 Å². The molecular formula is C15H11Cl2N3O2. The largest absolute Gasteiger partial charge is 0.478 e. The van der Waals surface area contributed by atoms with Crippen LogP contribution in [0.15, 0.2) is 36.4 Å². The summed E-state index contributed by atoms with van der Waals surface area (Å²) in [6, 6.07) is 10.0. The van der Waals surface area contributed by atoms with E-state index in [1.807, 2.05) is 12.1 Å². The summed E-state index contributed by atoms with van der Waals surface area (Å²) < 4.78 is 0. The van der Waals surface area contributed by atoms with E-state index in [0.717, 1.165) is 5.56 Å². The third kappa shape index (κ3) is 3.16. The highest BCUT2D eigenvalue weighted by atomic mass is 35.5. The smallest absolute Gasteiger partial charge is 0.335 e. The Hall–Kier alpha value is -2.24. The minimum atomic E-state index is -0.973. The van der Waals surface area contributed by atoms with Crippen molar-refractivity contribution in [2.45, 2.75) is 6.54 Å². The number of carboxylic acids is 1. The Morgan fingerprint density at radius 3 is 2.59 bits per heavy atom. The summed E-state index contributed by atoms with van der Waals surface area (Å²) in [5.74, 6) is -0.423. The fraction of sp³-hybridized carbons (Fsp3) is 0.0667. The van der Waals surface area contributed by atoms with Gasteiger partial charge in [-0.2, -0.15) is 0 Å². The summed E-state index contributed by atoms with van der Waals surface area (Å²) in [5, 5.41) is 13.2. The van der Waals surface area contributed by atoms with Crippen molar-refractivity contribution in [3.8, 4) is 0 Å². The molecule has 7 heteroatoms. The van der Waals surface area contributed by atoms with E-state index in [9.17, 15) is 4.79 Å². The molecule has 0 fully saturated rings. The molecular weight excluding hydrogens is 325 g/mol. The molecule has 1 aromatic heterocycles. The number of halogens is 2. The van der Waals surface area contributed by atoms with Crippen LogP contribution in [0.3, 0.4) is 0 Å². The molecule has 1 heterocycles. The monoisotopic (exact) mass is 335 g/mol. The van der Waals surface area contributed by atoms with E-state index < -0.39 is 5.97 Å². The van der Waals surface area contributed by atoms with Gasteiger partial charge in [-0.15, -0.1) is 0 Å². The maximum absolute atomic E-state index is 11.0. The van der Waals surface area contributed by atoms with E-state index in [1.54, 1.807) is 18.2 Å².